The molecule has 8 heteroatoms. The molecule has 4 rings (SSSR count). The van der Waals surface area contributed by atoms with Gasteiger partial charge in [0.25, 0.3) is 0 Å². The van der Waals surface area contributed by atoms with Crippen molar-refractivity contribution >= 4 is 17.5 Å². The van der Waals surface area contributed by atoms with Gasteiger partial charge in [-0.2, -0.15) is 0 Å². The second-order valence-corrected chi connectivity index (χ2v) is 6.91. The van der Waals surface area contributed by atoms with Crippen LogP contribution in [0.25, 0.3) is 0 Å². The number of carbonyl (C=O) groups is 2. The lowest BCUT2D eigenvalue weighted by atomic mass is 10.2. The molecule has 2 amide bonds. The number of hydrogen-bond acceptors (Lipinski definition) is 6. The first-order chi connectivity index (χ1) is 14.1. The number of fused-ring (bicyclic) bond motifs is 1. The smallest absolute Gasteiger partial charge is 0.231 e. The van der Waals surface area contributed by atoms with Crippen molar-refractivity contribution in [3.05, 3.63) is 42.0 Å². The summed E-state index contributed by atoms with van der Waals surface area (Å²) in [5.41, 5.74) is 1.51. The van der Waals surface area contributed by atoms with Gasteiger partial charge < -0.3 is 29.6 Å². The Labute approximate surface area is 168 Å². The molecule has 8 nitrogen and oxygen atoms in total. The topological polar surface area (TPSA) is 95.1 Å². The van der Waals surface area contributed by atoms with E-state index in [2.05, 4.69) is 10.6 Å². The zero-order chi connectivity index (χ0) is 20.4. The summed E-state index contributed by atoms with van der Waals surface area (Å²) in [6.07, 6.45) is 0.534. The summed E-state index contributed by atoms with van der Waals surface area (Å²) in [6.45, 7) is 0.583. The molecule has 1 saturated carbocycles. The van der Waals surface area contributed by atoms with Gasteiger partial charge in [0.1, 0.15) is 0 Å². The van der Waals surface area contributed by atoms with Gasteiger partial charge >= 0.3 is 0 Å². The Bertz CT molecular complexity index is 945. The molecule has 0 saturated heterocycles. The molecular weight excluding hydrogens is 376 g/mol. The van der Waals surface area contributed by atoms with E-state index in [0.29, 0.717) is 41.7 Å². The number of methoxy groups -OCH3 is 2. The molecule has 1 aliphatic carbocycles. The highest BCUT2D eigenvalue weighted by Crippen LogP contribution is 2.40. The molecule has 2 aromatic carbocycles. The van der Waals surface area contributed by atoms with Crippen LogP contribution in [0, 0.1) is 11.8 Å². The summed E-state index contributed by atoms with van der Waals surface area (Å²) in [6, 6.07) is 10.7. The molecule has 0 spiro atoms. The third-order valence-electron chi connectivity index (χ3n) is 5.02. The van der Waals surface area contributed by atoms with E-state index in [9.17, 15) is 9.59 Å². The van der Waals surface area contributed by atoms with Crippen LogP contribution in [0.5, 0.6) is 23.0 Å². The zero-order valence-electron chi connectivity index (χ0n) is 16.2. The number of nitrogens with one attached hydrogen (secondary N) is 2. The summed E-state index contributed by atoms with van der Waals surface area (Å²) >= 11 is 0. The number of rotatable bonds is 7. The van der Waals surface area contributed by atoms with Crippen LogP contribution in [0.3, 0.4) is 0 Å². The summed E-state index contributed by atoms with van der Waals surface area (Å²) in [5, 5.41) is 5.71. The van der Waals surface area contributed by atoms with E-state index in [1.165, 1.54) is 7.11 Å². The molecule has 1 fully saturated rings. The fourth-order valence-electron chi connectivity index (χ4n) is 3.29. The molecule has 2 aromatic rings. The third-order valence-corrected chi connectivity index (χ3v) is 5.02. The van der Waals surface area contributed by atoms with Crippen molar-refractivity contribution in [3.8, 4) is 23.0 Å². The Kier molecular flexibility index (Phi) is 5.16. The van der Waals surface area contributed by atoms with Crippen LogP contribution in [-0.4, -0.2) is 32.8 Å². The number of amides is 2. The maximum Gasteiger partial charge on any atom is 0.231 e. The van der Waals surface area contributed by atoms with Crippen LogP contribution in [0.15, 0.2) is 36.4 Å². The molecule has 0 radical (unpaired) electrons. The van der Waals surface area contributed by atoms with Crippen molar-refractivity contribution in [2.24, 2.45) is 11.8 Å². The van der Waals surface area contributed by atoms with Crippen LogP contribution < -0.4 is 29.6 Å². The van der Waals surface area contributed by atoms with E-state index in [4.69, 9.17) is 18.9 Å². The maximum atomic E-state index is 12.5. The van der Waals surface area contributed by atoms with Gasteiger partial charge in [0.05, 0.1) is 26.1 Å². The number of benzene rings is 2. The standard InChI is InChI=1S/C21H22N2O6/c1-26-16-6-4-13(8-18(16)27-2)23-21(25)15-9-14(15)20(24)22-10-12-3-5-17-19(7-12)29-11-28-17/h3-8,14-15H,9-11H2,1-2H3,(H,22,24)(H,23,25). The zero-order valence-corrected chi connectivity index (χ0v) is 16.2. The van der Waals surface area contributed by atoms with Gasteiger partial charge in [-0.3, -0.25) is 9.59 Å². The Morgan fingerprint density at radius 1 is 0.966 bits per heavy atom. The monoisotopic (exact) mass is 398 g/mol. The highest BCUT2D eigenvalue weighted by molar-refractivity contribution is 5.99. The molecule has 1 heterocycles. The predicted octanol–water partition coefficient (Wildman–Crippen LogP) is 2.32. The summed E-state index contributed by atoms with van der Waals surface area (Å²) in [5.74, 6) is 1.53. The van der Waals surface area contributed by atoms with Crippen LogP contribution in [0.2, 0.25) is 0 Å². The molecular formula is C21H22N2O6. The molecule has 152 valence electrons. The van der Waals surface area contributed by atoms with Crippen LogP contribution >= 0.6 is 0 Å². The lowest BCUT2D eigenvalue weighted by molar-refractivity contribution is -0.125. The average Bonchev–Trinajstić information content (AvgIpc) is 3.42. The van der Waals surface area contributed by atoms with Gasteiger partial charge in [0.2, 0.25) is 18.6 Å². The Hall–Kier alpha value is -3.42. The fourth-order valence-corrected chi connectivity index (χ4v) is 3.29. The first-order valence-electron chi connectivity index (χ1n) is 9.28. The molecule has 29 heavy (non-hydrogen) atoms. The fraction of sp³-hybridized carbons (Fsp3) is 0.333. The minimum atomic E-state index is -0.333. The summed E-state index contributed by atoms with van der Waals surface area (Å²) in [7, 11) is 3.08. The second kappa shape index (κ2) is 7.90. The summed E-state index contributed by atoms with van der Waals surface area (Å²) in [4.78, 5) is 24.8. The lowest BCUT2D eigenvalue weighted by Gasteiger charge is -2.10. The van der Waals surface area contributed by atoms with Crippen LogP contribution in [0.1, 0.15) is 12.0 Å². The van der Waals surface area contributed by atoms with Gasteiger partial charge in [-0.1, -0.05) is 6.07 Å². The van der Waals surface area contributed by atoms with Crippen molar-refractivity contribution in [1.29, 1.82) is 0 Å². The van der Waals surface area contributed by atoms with Crippen LogP contribution in [0.4, 0.5) is 5.69 Å². The molecule has 0 bridgehead atoms. The van der Waals surface area contributed by atoms with Gasteiger partial charge in [-0.15, -0.1) is 0 Å². The van der Waals surface area contributed by atoms with Crippen molar-refractivity contribution < 1.29 is 28.5 Å². The van der Waals surface area contributed by atoms with Crippen LogP contribution in [-0.2, 0) is 16.1 Å². The minimum Gasteiger partial charge on any atom is -0.493 e. The highest BCUT2D eigenvalue weighted by atomic mass is 16.7. The molecule has 0 aromatic heterocycles. The van der Waals surface area contributed by atoms with E-state index in [0.717, 1.165) is 5.56 Å². The molecule has 2 atom stereocenters. The lowest BCUT2D eigenvalue weighted by Crippen LogP contribution is -2.27. The molecule has 2 unspecified atom stereocenters. The number of hydrogen-bond donors (Lipinski definition) is 2. The highest BCUT2D eigenvalue weighted by Gasteiger charge is 2.47. The maximum absolute atomic E-state index is 12.5. The van der Waals surface area contributed by atoms with Gasteiger partial charge in [-0.05, 0) is 36.2 Å². The largest absolute Gasteiger partial charge is 0.493 e. The van der Waals surface area contributed by atoms with Crippen molar-refractivity contribution in [1.82, 2.24) is 5.32 Å². The van der Waals surface area contributed by atoms with E-state index < -0.39 is 0 Å². The number of ether oxygens (including phenoxy) is 4. The van der Waals surface area contributed by atoms with Gasteiger partial charge in [0.15, 0.2) is 23.0 Å². The van der Waals surface area contributed by atoms with Crippen molar-refractivity contribution in [2.75, 3.05) is 26.3 Å². The molecule has 2 N–H and O–H groups in total. The second-order valence-electron chi connectivity index (χ2n) is 6.91. The van der Waals surface area contributed by atoms with Crippen molar-refractivity contribution in [2.45, 2.75) is 13.0 Å². The minimum absolute atomic E-state index is 0.130. The average molecular weight is 398 g/mol. The van der Waals surface area contributed by atoms with E-state index in [-0.39, 0.29) is 30.4 Å². The van der Waals surface area contributed by atoms with E-state index in [1.54, 1.807) is 25.3 Å². The first kappa shape index (κ1) is 18.9. The Balaban J connectivity index is 1.29. The third kappa shape index (κ3) is 4.06. The Morgan fingerprint density at radius 3 is 2.52 bits per heavy atom. The normalized spacial score (nSPS) is 18.7. The first-order valence-corrected chi connectivity index (χ1v) is 9.28. The van der Waals surface area contributed by atoms with Crippen molar-refractivity contribution in [3.63, 3.8) is 0 Å². The predicted molar refractivity (Wildman–Crippen MR) is 104 cm³/mol. The SMILES string of the molecule is COc1ccc(NC(=O)C2CC2C(=O)NCc2ccc3c(c2)OCO3)cc1OC. The summed E-state index contributed by atoms with van der Waals surface area (Å²) < 4.78 is 21.0. The van der Waals surface area contributed by atoms with Gasteiger partial charge in [0, 0.05) is 18.3 Å². The Morgan fingerprint density at radius 2 is 1.72 bits per heavy atom. The van der Waals surface area contributed by atoms with E-state index in [1.807, 2.05) is 18.2 Å². The molecule has 1 aliphatic heterocycles. The molecule has 2 aliphatic rings. The quantitative estimate of drug-likeness (QED) is 0.743. The van der Waals surface area contributed by atoms with E-state index >= 15 is 0 Å². The number of carbonyl (C=O) groups excluding carboxylic acids is 2. The number of anilines is 1. The van der Waals surface area contributed by atoms with Gasteiger partial charge in [-0.25, -0.2) is 0 Å².